The van der Waals surface area contributed by atoms with Gasteiger partial charge in [0.2, 0.25) is 5.91 Å². The van der Waals surface area contributed by atoms with Crippen molar-refractivity contribution in [1.29, 1.82) is 0 Å². The molecule has 1 amide bonds. The molecule has 12 unspecified atom stereocenters. The summed E-state index contributed by atoms with van der Waals surface area (Å²) in [6, 6.07) is -0.821. The SMILES string of the molecule is CCCCCCCCCCCCCCCCCCCCCCCCCCCCCCCC(=O)NC(COC1OC(CO)C(OC2OC(CO)C(O)C(O)C2O)C(O)C1O)C(O)CCCCCCCCCCCC. The third-order valence-corrected chi connectivity index (χ3v) is 15.6. The molecule has 2 fully saturated rings. The second-order valence-electron chi connectivity index (χ2n) is 22.2. The highest BCUT2D eigenvalue weighted by Crippen LogP contribution is 2.30. The van der Waals surface area contributed by atoms with E-state index >= 15 is 0 Å². The van der Waals surface area contributed by atoms with E-state index in [-0.39, 0.29) is 12.5 Å². The highest BCUT2D eigenvalue weighted by atomic mass is 16.7. The smallest absolute Gasteiger partial charge is 0.220 e. The molecule has 0 bridgehead atoms. The van der Waals surface area contributed by atoms with Crippen LogP contribution < -0.4 is 5.32 Å². The summed E-state index contributed by atoms with van der Waals surface area (Å²) in [7, 11) is 0. The molecule has 0 spiro atoms. The number of carbonyl (C=O) groups excluding carboxylic acids is 1. The van der Waals surface area contributed by atoms with Crippen molar-refractivity contribution in [2.24, 2.45) is 0 Å². The highest BCUT2D eigenvalue weighted by molar-refractivity contribution is 5.76. The van der Waals surface area contributed by atoms with E-state index in [1.165, 1.54) is 199 Å². The molecule has 434 valence electrons. The molecule has 0 aliphatic carbocycles. The molecule has 2 saturated heterocycles. The number of aliphatic hydroxyl groups excluding tert-OH is 8. The third-order valence-electron chi connectivity index (χ3n) is 15.6. The average Bonchev–Trinajstić information content (AvgIpc) is 3.39. The molecule has 0 aromatic carbocycles. The number of carbonyl (C=O) groups is 1. The van der Waals surface area contributed by atoms with Gasteiger partial charge in [0, 0.05) is 6.42 Å². The topological polar surface area (TPSA) is 228 Å². The summed E-state index contributed by atoms with van der Waals surface area (Å²) in [6.07, 6.45) is 34.3. The second kappa shape index (κ2) is 46.0. The van der Waals surface area contributed by atoms with Gasteiger partial charge in [-0.25, -0.2) is 0 Å². The van der Waals surface area contributed by atoms with Gasteiger partial charge in [0.15, 0.2) is 12.6 Å². The van der Waals surface area contributed by atoms with Gasteiger partial charge in [-0.3, -0.25) is 4.79 Å². The van der Waals surface area contributed by atoms with Gasteiger partial charge >= 0.3 is 0 Å². The van der Waals surface area contributed by atoms with Crippen LogP contribution in [0.3, 0.4) is 0 Å². The van der Waals surface area contributed by atoms with Gasteiger partial charge in [0.1, 0.15) is 48.8 Å². The monoisotopic (exact) mass is 1050 g/mol. The highest BCUT2D eigenvalue weighted by Gasteiger charge is 2.51. The van der Waals surface area contributed by atoms with E-state index < -0.39 is 86.8 Å². The molecule has 0 radical (unpaired) electrons. The summed E-state index contributed by atoms with van der Waals surface area (Å²) in [6.45, 7) is 2.87. The maximum Gasteiger partial charge on any atom is 0.220 e. The van der Waals surface area contributed by atoms with E-state index in [1.807, 2.05) is 0 Å². The van der Waals surface area contributed by atoms with Gasteiger partial charge in [0.05, 0.1) is 32.0 Å². The number of aliphatic hydroxyl groups is 8. The van der Waals surface area contributed by atoms with Crippen LogP contribution in [0.5, 0.6) is 0 Å². The minimum absolute atomic E-state index is 0.202. The molecular weight excluding hydrogens is 931 g/mol. The summed E-state index contributed by atoms with van der Waals surface area (Å²) in [5, 5.41) is 87.0. The van der Waals surface area contributed by atoms with Crippen molar-refractivity contribution in [3.63, 3.8) is 0 Å². The van der Waals surface area contributed by atoms with Crippen LogP contribution in [0.1, 0.15) is 277 Å². The van der Waals surface area contributed by atoms with Gasteiger partial charge in [0.25, 0.3) is 0 Å². The Morgan fingerprint density at radius 3 is 1.16 bits per heavy atom. The summed E-state index contributed by atoms with van der Waals surface area (Å²) in [5.41, 5.74) is 0. The van der Waals surface area contributed by atoms with Crippen molar-refractivity contribution in [3.8, 4) is 0 Å². The maximum absolute atomic E-state index is 13.2. The zero-order valence-corrected chi connectivity index (χ0v) is 46.7. The maximum atomic E-state index is 13.2. The zero-order valence-electron chi connectivity index (χ0n) is 46.7. The molecule has 2 heterocycles. The van der Waals surface area contributed by atoms with Crippen molar-refractivity contribution >= 4 is 5.91 Å². The number of amides is 1. The molecule has 12 atom stereocenters. The van der Waals surface area contributed by atoms with Crippen molar-refractivity contribution < 1.29 is 64.6 Å². The van der Waals surface area contributed by atoms with Crippen molar-refractivity contribution in [1.82, 2.24) is 5.32 Å². The first-order valence-corrected chi connectivity index (χ1v) is 30.8. The second-order valence-corrected chi connectivity index (χ2v) is 22.2. The molecule has 9 N–H and O–H groups in total. The predicted octanol–water partition coefficient (Wildman–Crippen LogP) is 10.5. The summed E-state index contributed by atoms with van der Waals surface area (Å²) >= 11 is 0. The van der Waals surface area contributed by atoms with Gasteiger partial charge in [-0.2, -0.15) is 0 Å². The van der Waals surface area contributed by atoms with E-state index in [0.717, 1.165) is 51.4 Å². The first-order valence-electron chi connectivity index (χ1n) is 30.8. The molecular formula is C59H115NO13. The number of hydrogen-bond donors (Lipinski definition) is 9. The van der Waals surface area contributed by atoms with Crippen LogP contribution in [0.4, 0.5) is 0 Å². The Balaban J connectivity index is 1.62. The fraction of sp³-hybridized carbons (Fsp3) is 0.983. The molecule has 0 aromatic rings. The summed E-state index contributed by atoms with van der Waals surface area (Å²) in [5.74, 6) is -0.202. The molecule has 0 aromatic heterocycles. The summed E-state index contributed by atoms with van der Waals surface area (Å²) in [4.78, 5) is 13.2. The Bertz CT molecular complexity index is 1230. The third kappa shape index (κ3) is 31.9. The van der Waals surface area contributed by atoms with Crippen LogP contribution in [0.15, 0.2) is 0 Å². The van der Waals surface area contributed by atoms with Crippen LogP contribution in [0.2, 0.25) is 0 Å². The fourth-order valence-electron chi connectivity index (χ4n) is 10.6. The van der Waals surface area contributed by atoms with E-state index in [0.29, 0.717) is 12.8 Å². The number of nitrogens with one attached hydrogen (secondary N) is 1. The number of unbranched alkanes of at least 4 members (excludes halogenated alkanes) is 37. The quantitative estimate of drug-likeness (QED) is 0.0259. The molecule has 2 aliphatic rings. The molecule has 14 heteroatoms. The van der Waals surface area contributed by atoms with E-state index in [4.69, 9.17) is 18.9 Å². The van der Waals surface area contributed by atoms with Crippen molar-refractivity contribution in [2.45, 2.75) is 351 Å². The Labute approximate surface area is 444 Å². The predicted molar refractivity (Wildman–Crippen MR) is 291 cm³/mol. The lowest BCUT2D eigenvalue weighted by Crippen LogP contribution is -2.65. The lowest BCUT2D eigenvalue weighted by Gasteiger charge is -2.46. The Morgan fingerprint density at radius 1 is 0.438 bits per heavy atom. The normalized spacial score (nSPS) is 25.3. The fourth-order valence-corrected chi connectivity index (χ4v) is 10.6. The lowest BCUT2D eigenvalue weighted by atomic mass is 9.97. The van der Waals surface area contributed by atoms with Crippen molar-refractivity contribution in [3.05, 3.63) is 0 Å². The van der Waals surface area contributed by atoms with Gasteiger partial charge in [-0.1, -0.05) is 258 Å². The van der Waals surface area contributed by atoms with E-state index in [1.54, 1.807) is 0 Å². The molecule has 14 nitrogen and oxygen atoms in total. The largest absolute Gasteiger partial charge is 0.394 e. The first-order chi connectivity index (χ1) is 35.6. The summed E-state index contributed by atoms with van der Waals surface area (Å²) < 4.78 is 22.8. The van der Waals surface area contributed by atoms with Crippen LogP contribution >= 0.6 is 0 Å². The standard InChI is InChI=1S/C59H115NO13/c1-3-5-7-9-11-13-15-16-17-18-19-20-21-22-23-24-25-26-27-28-29-30-31-32-33-35-37-39-41-43-51(64)60-47(48(63)42-40-38-36-34-14-12-10-8-6-4-2)46-70-58-56(69)54(67)57(50(45-62)72-58)73-59-55(68)53(66)52(65)49(44-61)71-59/h47-50,52-59,61-63,65-69H,3-46H2,1-2H3,(H,60,64). The zero-order chi connectivity index (χ0) is 53.2. The molecule has 2 aliphatic heterocycles. The minimum Gasteiger partial charge on any atom is -0.394 e. The van der Waals surface area contributed by atoms with Crippen LogP contribution in [-0.4, -0.2) is 140 Å². The molecule has 2 rings (SSSR count). The first kappa shape index (κ1) is 68.1. The number of rotatable bonds is 50. The lowest BCUT2D eigenvalue weighted by molar-refractivity contribution is -0.359. The van der Waals surface area contributed by atoms with Crippen LogP contribution in [-0.2, 0) is 23.7 Å². The van der Waals surface area contributed by atoms with Gasteiger partial charge in [-0.05, 0) is 12.8 Å². The number of hydrogen-bond acceptors (Lipinski definition) is 13. The van der Waals surface area contributed by atoms with Gasteiger partial charge < -0.3 is 65.1 Å². The minimum atomic E-state index is -1.78. The number of ether oxygens (including phenoxy) is 4. The molecule has 73 heavy (non-hydrogen) atoms. The van der Waals surface area contributed by atoms with Gasteiger partial charge in [-0.15, -0.1) is 0 Å². The van der Waals surface area contributed by atoms with Crippen LogP contribution in [0.25, 0.3) is 0 Å². The Morgan fingerprint density at radius 2 is 0.781 bits per heavy atom. The van der Waals surface area contributed by atoms with Crippen molar-refractivity contribution in [2.75, 3.05) is 19.8 Å². The molecule has 0 saturated carbocycles. The average molecular weight is 1050 g/mol. The van der Waals surface area contributed by atoms with E-state index in [9.17, 15) is 45.6 Å². The van der Waals surface area contributed by atoms with E-state index in [2.05, 4.69) is 19.2 Å². The Hall–Kier alpha value is -1.01. The Kier molecular flexibility index (Phi) is 42.9. The van der Waals surface area contributed by atoms with Crippen LogP contribution in [0, 0.1) is 0 Å².